The van der Waals surface area contributed by atoms with Crippen LogP contribution < -0.4 is 0 Å². The van der Waals surface area contributed by atoms with Gasteiger partial charge in [-0.3, -0.25) is 0 Å². The Morgan fingerprint density at radius 3 is 2.73 bits per heavy atom. The second-order valence-corrected chi connectivity index (χ2v) is 4.86. The van der Waals surface area contributed by atoms with Crippen molar-refractivity contribution in [2.75, 3.05) is 13.1 Å². The van der Waals surface area contributed by atoms with Gasteiger partial charge >= 0.3 is 0 Å². The zero-order valence-electron chi connectivity index (χ0n) is 9.36. The van der Waals surface area contributed by atoms with E-state index in [1.54, 1.807) is 0 Å². The van der Waals surface area contributed by atoms with E-state index in [0.717, 1.165) is 19.5 Å². The number of benzene rings is 1. The van der Waals surface area contributed by atoms with E-state index in [9.17, 15) is 5.21 Å². The minimum atomic E-state index is -0.0226. The van der Waals surface area contributed by atoms with E-state index in [2.05, 4.69) is 19.1 Å². The summed E-state index contributed by atoms with van der Waals surface area (Å²) in [6.07, 6.45) is 2.30. The molecule has 15 heavy (non-hydrogen) atoms. The number of hydrogen-bond donors (Lipinski definition) is 0. The monoisotopic (exact) mass is 205 g/mol. The Labute approximate surface area is 91.7 Å². The summed E-state index contributed by atoms with van der Waals surface area (Å²) in [6.45, 7) is 4.41. The fourth-order valence-corrected chi connectivity index (χ4v) is 2.54. The molecule has 1 heterocycles. The summed E-state index contributed by atoms with van der Waals surface area (Å²) < 4.78 is -0.0226. The van der Waals surface area contributed by atoms with Crippen LogP contribution in [0.2, 0.25) is 0 Å². The van der Waals surface area contributed by atoms with Crippen LogP contribution in [0.5, 0.6) is 0 Å². The molecule has 2 atom stereocenters. The predicted octanol–water partition coefficient (Wildman–Crippen LogP) is 2.93. The van der Waals surface area contributed by atoms with Crippen molar-refractivity contribution >= 4 is 0 Å². The highest BCUT2D eigenvalue weighted by Crippen LogP contribution is 2.24. The van der Waals surface area contributed by atoms with Crippen LogP contribution >= 0.6 is 0 Å². The van der Waals surface area contributed by atoms with Gasteiger partial charge in [0.05, 0.1) is 13.1 Å². The zero-order chi connectivity index (χ0) is 10.7. The smallest absolute Gasteiger partial charge is 0.104 e. The lowest BCUT2D eigenvalue weighted by molar-refractivity contribution is -0.902. The summed E-state index contributed by atoms with van der Waals surface area (Å²) in [5, 5.41) is 12.4. The van der Waals surface area contributed by atoms with Crippen molar-refractivity contribution in [3.05, 3.63) is 41.1 Å². The molecule has 1 aromatic carbocycles. The Balaban J connectivity index is 2.04. The van der Waals surface area contributed by atoms with Crippen LogP contribution in [0.25, 0.3) is 0 Å². The Hall–Kier alpha value is -0.860. The molecule has 2 rings (SSSR count). The molecule has 0 spiro atoms. The molecule has 1 fully saturated rings. The Bertz CT molecular complexity index is 312. The number of hydrogen-bond acceptors (Lipinski definition) is 1. The molecule has 0 amide bonds. The van der Waals surface area contributed by atoms with Gasteiger partial charge in [0, 0.05) is 11.5 Å². The second kappa shape index (κ2) is 4.33. The van der Waals surface area contributed by atoms with Crippen LogP contribution in [-0.2, 0) is 6.54 Å². The van der Waals surface area contributed by atoms with Gasteiger partial charge in [-0.25, -0.2) is 0 Å². The number of hydroxylamine groups is 3. The lowest BCUT2D eigenvalue weighted by Gasteiger charge is -2.47. The summed E-state index contributed by atoms with van der Waals surface area (Å²) in [4.78, 5) is 0. The van der Waals surface area contributed by atoms with Gasteiger partial charge in [0.1, 0.15) is 6.54 Å². The molecule has 2 heteroatoms. The van der Waals surface area contributed by atoms with E-state index < -0.39 is 0 Å². The maximum Gasteiger partial charge on any atom is 0.104 e. The van der Waals surface area contributed by atoms with Gasteiger partial charge in [-0.2, -0.15) is 0 Å². The van der Waals surface area contributed by atoms with Crippen molar-refractivity contribution in [1.29, 1.82) is 0 Å². The molecule has 1 saturated heterocycles. The minimum absolute atomic E-state index is 0.0226. The molecule has 0 bridgehead atoms. The van der Waals surface area contributed by atoms with E-state index in [1.807, 2.05) is 18.2 Å². The van der Waals surface area contributed by atoms with Crippen LogP contribution in [-0.4, -0.2) is 17.7 Å². The van der Waals surface area contributed by atoms with Crippen LogP contribution in [0.1, 0.15) is 25.3 Å². The first-order valence-corrected chi connectivity index (χ1v) is 5.79. The molecule has 0 aromatic heterocycles. The van der Waals surface area contributed by atoms with Crippen LogP contribution in [0.3, 0.4) is 0 Å². The maximum absolute atomic E-state index is 12.4. The predicted molar refractivity (Wildman–Crippen MR) is 61.9 cm³/mol. The Morgan fingerprint density at radius 2 is 2.07 bits per heavy atom. The van der Waals surface area contributed by atoms with E-state index in [-0.39, 0.29) is 4.65 Å². The molecule has 0 radical (unpaired) electrons. The minimum Gasteiger partial charge on any atom is -0.633 e. The molecule has 2 nitrogen and oxygen atoms in total. The van der Waals surface area contributed by atoms with Crippen molar-refractivity contribution < 1.29 is 4.65 Å². The highest BCUT2D eigenvalue weighted by Gasteiger charge is 2.25. The highest BCUT2D eigenvalue weighted by molar-refractivity contribution is 5.13. The lowest BCUT2D eigenvalue weighted by Crippen LogP contribution is -2.48. The van der Waals surface area contributed by atoms with E-state index in [0.29, 0.717) is 12.5 Å². The van der Waals surface area contributed by atoms with Gasteiger partial charge in [-0.15, -0.1) is 0 Å². The van der Waals surface area contributed by atoms with Crippen molar-refractivity contribution in [3.63, 3.8) is 0 Å². The van der Waals surface area contributed by atoms with Crippen molar-refractivity contribution in [2.45, 2.75) is 26.3 Å². The highest BCUT2D eigenvalue weighted by atomic mass is 16.5. The maximum atomic E-state index is 12.4. The lowest BCUT2D eigenvalue weighted by atomic mass is 9.99. The number of quaternary nitrogens is 1. The van der Waals surface area contributed by atoms with Crippen LogP contribution in [0, 0.1) is 11.1 Å². The van der Waals surface area contributed by atoms with E-state index >= 15 is 0 Å². The quantitative estimate of drug-likeness (QED) is 0.537. The molecule has 1 aliphatic heterocycles. The Kier molecular flexibility index (Phi) is 3.08. The molecule has 0 aliphatic carbocycles. The topological polar surface area (TPSA) is 23.1 Å². The van der Waals surface area contributed by atoms with Gasteiger partial charge in [0.25, 0.3) is 0 Å². The van der Waals surface area contributed by atoms with Crippen LogP contribution in [0.4, 0.5) is 0 Å². The normalized spacial score (nSPS) is 31.5. The van der Waals surface area contributed by atoms with Gasteiger partial charge < -0.3 is 9.85 Å². The average molecular weight is 205 g/mol. The van der Waals surface area contributed by atoms with Gasteiger partial charge in [0.2, 0.25) is 0 Å². The van der Waals surface area contributed by atoms with Gasteiger partial charge in [0.15, 0.2) is 0 Å². The third-order valence-electron chi connectivity index (χ3n) is 3.22. The SMILES string of the molecule is CC1CCC[N+]([O-])(Cc2ccccc2)C1. The molecule has 0 saturated carbocycles. The third kappa shape index (κ3) is 2.80. The summed E-state index contributed by atoms with van der Waals surface area (Å²) >= 11 is 0. The third-order valence-corrected chi connectivity index (χ3v) is 3.22. The molecular weight excluding hydrogens is 186 g/mol. The first kappa shape index (κ1) is 10.7. The summed E-state index contributed by atoms with van der Waals surface area (Å²) in [6, 6.07) is 10.1. The van der Waals surface area contributed by atoms with Crippen molar-refractivity contribution in [1.82, 2.24) is 0 Å². The average Bonchev–Trinajstić information content (AvgIpc) is 2.18. The molecule has 0 N–H and O–H groups in total. The first-order valence-electron chi connectivity index (χ1n) is 5.79. The summed E-state index contributed by atoms with van der Waals surface area (Å²) in [5.41, 5.74) is 1.17. The number of nitrogens with zero attached hydrogens (tertiary/aromatic N) is 1. The fraction of sp³-hybridized carbons (Fsp3) is 0.538. The first-order chi connectivity index (χ1) is 7.18. The van der Waals surface area contributed by atoms with Gasteiger partial charge in [-0.05, 0) is 12.8 Å². The van der Waals surface area contributed by atoms with Gasteiger partial charge in [-0.1, -0.05) is 37.3 Å². The van der Waals surface area contributed by atoms with E-state index in [4.69, 9.17) is 0 Å². The molecule has 1 aromatic rings. The van der Waals surface area contributed by atoms with Crippen LogP contribution in [0.15, 0.2) is 30.3 Å². The molecule has 1 aliphatic rings. The summed E-state index contributed by atoms with van der Waals surface area (Å²) in [5.74, 6) is 0.583. The molecule has 2 unspecified atom stereocenters. The second-order valence-electron chi connectivity index (χ2n) is 4.86. The van der Waals surface area contributed by atoms with Crippen molar-refractivity contribution in [2.24, 2.45) is 5.92 Å². The number of rotatable bonds is 2. The standard InChI is InChI=1S/C13H19NO/c1-12-6-5-9-14(15,10-12)11-13-7-3-2-4-8-13/h2-4,7-8,12H,5-6,9-11H2,1H3. The largest absolute Gasteiger partial charge is 0.633 e. The van der Waals surface area contributed by atoms with E-state index in [1.165, 1.54) is 12.0 Å². The van der Waals surface area contributed by atoms with Crippen molar-refractivity contribution in [3.8, 4) is 0 Å². The number of piperidine rings is 1. The molecular formula is C13H19NO. The zero-order valence-corrected chi connectivity index (χ0v) is 9.36. The Morgan fingerprint density at radius 1 is 1.33 bits per heavy atom. The summed E-state index contributed by atoms with van der Waals surface area (Å²) in [7, 11) is 0. The fourth-order valence-electron chi connectivity index (χ4n) is 2.54. The number of likely N-dealkylation sites (tertiary alicyclic amines) is 1. The molecule has 82 valence electrons.